The highest BCUT2D eigenvalue weighted by Crippen LogP contribution is 2.33. The predicted molar refractivity (Wildman–Crippen MR) is 132 cm³/mol. The number of oxazole rings is 1. The highest BCUT2D eigenvalue weighted by Gasteiger charge is 2.14. The molecular formula is C24H20ClN3O4S. The van der Waals surface area contributed by atoms with E-state index in [4.69, 9.17) is 33.0 Å². The summed E-state index contributed by atoms with van der Waals surface area (Å²) in [6, 6.07) is 15.6. The third kappa shape index (κ3) is 5.42. The number of aromatic hydroxyl groups is 1. The molecular weight excluding hydrogens is 462 g/mol. The van der Waals surface area contributed by atoms with Crippen LogP contribution in [0, 0.1) is 13.8 Å². The van der Waals surface area contributed by atoms with Crippen molar-refractivity contribution < 1.29 is 19.1 Å². The fraction of sp³-hybridized carbons (Fsp3) is 0.125. The van der Waals surface area contributed by atoms with E-state index in [1.807, 2.05) is 32.0 Å². The van der Waals surface area contributed by atoms with Crippen LogP contribution < -0.4 is 15.4 Å². The zero-order chi connectivity index (χ0) is 23.5. The van der Waals surface area contributed by atoms with Crippen LogP contribution >= 0.6 is 23.8 Å². The van der Waals surface area contributed by atoms with E-state index in [0.29, 0.717) is 39.0 Å². The lowest BCUT2D eigenvalue weighted by Crippen LogP contribution is -2.37. The zero-order valence-corrected chi connectivity index (χ0v) is 19.4. The number of carbonyl (C=O) groups excluding carboxylic acids is 1. The number of phenols is 1. The summed E-state index contributed by atoms with van der Waals surface area (Å²) in [5, 5.41) is 16.5. The standard InChI is InChI=1S/C24H20ClN3O4S/c1-13-3-7-21-18(9-13)27-23(32-21)17-6-5-16(11-19(17)29)26-24(33)28-22(30)12-31-20-8-4-15(25)10-14(20)2/h3-11,29H,12H2,1-2H3,(H2,26,28,30,33). The van der Waals surface area contributed by atoms with E-state index in [1.165, 1.54) is 6.07 Å². The number of fused-ring (bicyclic) bond motifs is 1. The number of thiocarbonyl (C=S) groups is 1. The monoisotopic (exact) mass is 481 g/mol. The zero-order valence-electron chi connectivity index (χ0n) is 17.8. The molecule has 0 aliphatic rings. The fourth-order valence-corrected chi connectivity index (χ4v) is 3.64. The summed E-state index contributed by atoms with van der Waals surface area (Å²) < 4.78 is 11.3. The fourth-order valence-electron chi connectivity index (χ4n) is 3.19. The number of rotatable bonds is 5. The molecule has 1 heterocycles. The Morgan fingerprint density at radius 1 is 1.15 bits per heavy atom. The first-order valence-corrected chi connectivity index (χ1v) is 10.8. The quantitative estimate of drug-likeness (QED) is 0.330. The molecule has 0 radical (unpaired) electrons. The second kappa shape index (κ2) is 9.48. The summed E-state index contributed by atoms with van der Waals surface area (Å²) >= 11 is 11.1. The van der Waals surface area contributed by atoms with Crippen molar-refractivity contribution in [1.82, 2.24) is 10.3 Å². The number of nitrogens with one attached hydrogen (secondary N) is 2. The van der Waals surface area contributed by atoms with Gasteiger partial charge < -0.3 is 19.6 Å². The van der Waals surface area contributed by atoms with Crippen LogP contribution in [-0.4, -0.2) is 27.7 Å². The van der Waals surface area contributed by atoms with Crippen LogP contribution in [0.1, 0.15) is 11.1 Å². The Bertz CT molecular complexity index is 1370. The Balaban J connectivity index is 1.36. The molecule has 0 aliphatic heterocycles. The Kier molecular flexibility index (Phi) is 6.48. The van der Waals surface area contributed by atoms with Gasteiger partial charge in [-0.3, -0.25) is 10.1 Å². The van der Waals surface area contributed by atoms with E-state index in [-0.39, 0.29) is 17.5 Å². The molecule has 0 unspecified atom stereocenters. The first kappa shape index (κ1) is 22.6. The number of benzene rings is 3. The average Bonchev–Trinajstić information content (AvgIpc) is 3.15. The van der Waals surface area contributed by atoms with Gasteiger partial charge in [0.1, 0.15) is 17.0 Å². The number of amides is 1. The van der Waals surface area contributed by atoms with Crippen LogP contribution in [0.25, 0.3) is 22.6 Å². The molecule has 168 valence electrons. The third-order valence-corrected chi connectivity index (χ3v) is 5.22. The maximum Gasteiger partial charge on any atom is 0.264 e. The lowest BCUT2D eigenvalue weighted by Gasteiger charge is -2.12. The molecule has 0 fully saturated rings. The lowest BCUT2D eigenvalue weighted by molar-refractivity contribution is -0.121. The Labute approximate surface area is 200 Å². The number of carbonyl (C=O) groups is 1. The Hall–Kier alpha value is -3.62. The minimum Gasteiger partial charge on any atom is -0.507 e. The van der Waals surface area contributed by atoms with Gasteiger partial charge in [-0.25, -0.2) is 4.98 Å². The van der Waals surface area contributed by atoms with Gasteiger partial charge in [-0.15, -0.1) is 0 Å². The number of nitrogens with zero attached hydrogens (tertiary/aromatic N) is 1. The molecule has 0 saturated carbocycles. The summed E-state index contributed by atoms with van der Waals surface area (Å²) in [7, 11) is 0. The summed E-state index contributed by atoms with van der Waals surface area (Å²) in [4.78, 5) is 16.6. The van der Waals surface area contributed by atoms with Gasteiger partial charge in [-0.1, -0.05) is 17.7 Å². The number of halogens is 1. The molecule has 3 aromatic carbocycles. The van der Waals surface area contributed by atoms with Crippen molar-refractivity contribution in [3.63, 3.8) is 0 Å². The SMILES string of the molecule is Cc1ccc2oc(-c3ccc(NC(=S)NC(=O)COc4ccc(Cl)cc4C)cc3O)nc2c1. The molecule has 33 heavy (non-hydrogen) atoms. The highest BCUT2D eigenvalue weighted by atomic mass is 35.5. The van der Waals surface area contributed by atoms with Gasteiger partial charge in [0.05, 0.1) is 5.56 Å². The predicted octanol–water partition coefficient (Wildman–Crippen LogP) is 5.36. The second-order valence-electron chi connectivity index (χ2n) is 7.42. The molecule has 1 aromatic heterocycles. The smallest absolute Gasteiger partial charge is 0.264 e. The van der Waals surface area contributed by atoms with Crippen LogP contribution in [-0.2, 0) is 4.79 Å². The molecule has 3 N–H and O–H groups in total. The Morgan fingerprint density at radius 2 is 1.97 bits per heavy atom. The number of aromatic nitrogens is 1. The number of hydrogen-bond donors (Lipinski definition) is 3. The molecule has 0 atom stereocenters. The van der Waals surface area contributed by atoms with E-state index in [9.17, 15) is 9.90 Å². The third-order valence-electron chi connectivity index (χ3n) is 4.78. The summed E-state index contributed by atoms with van der Waals surface area (Å²) in [6.07, 6.45) is 0. The maximum atomic E-state index is 12.2. The summed E-state index contributed by atoms with van der Waals surface area (Å²) in [6.45, 7) is 3.59. The first-order valence-electron chi connectivity index (χ1n) is 9.99. The molecule has 0 aliphatic carbocycles. The molecule has 1 amide bonds. The average molecular weight is 482 g/mol. The van der Waals surface area contributed by atoms with Gasteiger partial charge in [-0.05, 0) is 79.7 Å². The van der Waals surface area contributed by atoms with E-state index in [2.05, 4.69) is 15.6 Å². The van der Waals surface area contributed by atoms with Crippen LogP contribution in [0.15, 0.2) is 59.0 Å². The van der Waals surface area contributed by atoms with E-state index in [1.54, 1.807) is 30.3 Å². The van der Waals surface area contributed by atoms with Crippen molar-refractivity contribution in [2.24, 2.45) is 0 Å². The lowest BCUT2D eigenvalue weighted by atomic mass is 10.2. The van der Waals surface area contributed by atoms with Crippen LogP contribution in [0.4, 0.5) is 5.69 Å². The molecule has 0 spiro atoms. The minimum absolute atomic E-state index is 0.0426. The number of phenolic OH excluding ortho intramolecular Hbond substituents is 1. The van der Waals surface area contributed by atoms with Gasteiger partial charge in [-0.2, -0.15) is 0 Å². The van der Waals surface area contributed by atoms with Crippen LogP contribution in [0.3, 0.4) is 0 Å². The molecule has 4 aromatic rings. The largest absolute Gasteiger partial charge is 0.507 e. The number of ether oxygens (including phenoxy) is 1. The van der Waals surface area contributed by atoms with Gasteiger partial charge in [0, 0.05) is 16.8 Å². The first-order chi connectivity index (χ1) is 15.8. The molecule has 9 heteroatoms. The highest BCUT2D eigenvalue weighted by molar-refractivity contribution is 7.80. The summed E-state index contributed by atoms with van der Waals surface area (Å²) in [5.41, 5.74) is 4.17. The van der Waals surface area contributed by atoms with Crippen LogP contribution in [0.2, 0.25) is 5.02 Å². The van der Waals surface area contributed by atoms with Gasteiger partial charge in [0.2, 0.25) is 5.89 Å². The number of aryl methyl sites for hydroxylation is 2. The topological polar surface area (TPSA) is 96.6 Å². The van der Waals surface area contributed by atoms with E-state index < -0.39 is 5.91 Å². The minimum atomic E-state index is -0.426. The van der Waals surface area contributed by atoms with E-state index in [0.717, 1.165) is 11.1 Å². The number of anilines is 1. The van der Waals surface area contributed by atoms with Crippen molar-refractivity contribution in [3.05, 3.63) is 70.7 Å². The van der Waals surface area contributed by atoms with Crippen molar-refractivity contribution in [2.75, 3.05) is 11.9 Å². The van der Waals surface area contributed by atoms with Crippen LogP contribution in [0.5, 0.6) is 11.5 Å². The maximum absolute atomic E-state index is 12.2. The molecule has 0 bridgehead atoms. The molecule has 4 rings (SSSR count). The Morgan fingerprint density at radius 3 is 2.73 bits per heavy atom. The number of hydrogen-bond acceptors (Lipinski definition) is 6. The van der Waals surface area contributed by atoms with E-state index >= 15 is 0 Å². The summed E-state index contributed by atoms with van der Waals surface area (Å²) in [5.74, 6) is 0.400. The molecule has 0 saturated heterocycles. The van der Waals surface area contributed by atoms with Gasteiger partial charge >= 0.3 is 0 Å². The van der Waals surface area contributed by atoms with Crippen molar-refractivity contribution in [2.45, 2.75) is 13.8 Å². The van der Waals surface area contributed by atoms with Crippen molar-refractivity contribution in [1.29, 1.82) is 0 Å². The van der Waals surface area contributed by atoms with Crippen molar-refractivity contribution >= 4 is 51.6 Å². The second-order valence-corrected chi connectivity index (χ2v) is 8.27. The van der Waals surface area contributed by atoms with Gasteiger partial charge in [0.25, 0.3) is 5.91 Å². The normalized spacial score (nSPS) is 10.8. The van der Waals surface area contributed by atoms with Crippen molar-refractivity contribution in [3.8, 4) is 23.0 Å². The molecule has 7 nitrogen and oxygen atoms in total. The van der Waals surface area contributed by atoms with Gasteiger partial charge in [0.15, 0.2) is 17.3 Å².